The summed E-state index contributed by atoms with van der Waals surface area (Å²) in [5, 5.41) is 2.94. The largest absolute Gasteiger partial charge is 0.493 e. The fourth-order valence-corrected chi connectivity index (χ4v) is 4.63. The Hall–Kier alpha value is -4.08. The third-order valence-electron chi connectivity index (χ3n) is 6.61. The molecule has 4 rings (SSSR count). The van der Waals surface area contributed by atoms with Gasteiger partial charge in [-0.1, -0.05) is 18.2 Å². The second-order valence-corrected chi connectivity index (χ2v) is 9.41. The van der Waals surface area contributed by atoms with E-state index < -0.39 is 11.9 Å². The van der Waals surface area contributed by atoms with Crippen molar-refractivity contribution in [2.24, 2.45) is 5.92 Å². The highest BCUT2D eigenvalue weighted by Gasteiger charge is 2.37. The molecule has 2 N–H and O–H groups in total. The van der Waals surface area contributed by atoms with Crippen LogP contribution in [0.3, 0.4) is 0 Å². The number of fused-ring (bicyclic) bond motifs is 1. The van der Waals surface area contributed by atoms with E-state index in [9.17, 15) is 19.2 Å². The van der Waals surface area contributed by atoms with Gasteiger partial charge in [-0.25, -0.2) is 0 Å². The molecule has 1 heterocycles. The fraction of sp³-hybridized carbons (Fsp3) is 0.429. The van der Waals surface area contributed by atoms with Crippen LogP contribution in [-0.2, 0) is 25.8 Å². The molecule has 1 aliphatic heterocycles. The second-order valence-electron chi connectivity index (χ2n) is 9.41. The standard InChI is InChI=1S/C28H33N3O7/c1-4-37-24-15-19(13-14-23(24)36-3)22(9-6-10-25(33)30-38-17(2)32)31-16-20-7-5-8-21(26(20)28(31)35)29-27(34)18-11-12-18/h5,7-8,13-15,18,22H,4,6,9-12,16H2,1-3H3,(H,29,34)(H,30,33). The first-order valence-electron chi connectivity index (χ1n) is 12.8. The summed E-state index contributed by atoms with van der Waals surface area (Å²) in [6, 6.07) is 10.7. The first-order chi connectivity index (χ1) is 18.3. The quantitative estimate of drug-likeness (QED) is 0.428. The van der Waals surface area contributed by atoms with E-state index >= 15 is 0 Å². The van der Waals surface area contributed by atoms with Crippen molar-refractivity contribution in [1.82, 2.24) is 10.4 Å². The number of hydrogen-bond donors (Lipinski definition) is 2. The van der Waals surface area contributed by atoms with Crippen molar-refractivity contribution >= 4 is 29.4 Å². The van der Waals surface area contributed by atoms with Crippen LogP contribution in [0.1, 0.15) is 73.5 Å². The Balaban J connectivity index is 1.59. The summed E-state index contributed by atoms with van der Waals surface area (Å²) in [4.78, 5) is 55.7. The average Bonchev–Trinajstić information content (AvgIpc) is 3.70. The number of ether oxygens (including phenoxy) is 2. The van der Waals surface area contributed by atoms with Crippen molar-refractivity contribution in [3.8, 4) is 11.5 Å². The molecule has 0 saturated heterocycles. The van der Waals surface area contributed by atoms with Crippen molar-refractivity contribution < 1.29 is 33.5 Å². The molecule has 0 bridgehead atoms. The molecule has 2 aromatic carbocycles. The molecule has 3 amide bonds. The van der Waals surface area contributed by atoms with Gasteiger partial charge < -0.3 is 24.5 Å². The van der Waals surface area contributed by atoms with Crippen molar-refractivity contribution in [2.45, 2.75) is 58.5 Å². The van der Waals surface area contributed by atoms with E-state index in [-0.39, 0.29) is 30.2 Å². The molecule has 0 spiro atoms. The molecule has 1 aliphatic carbocycles. The topological polar surface area (TPSA) is 123 Å². The smallest absolute Gasteiger partial charge is 0.329 e. The number of carbonyl (C=O) groups excluding carboxylic acids is 4. The maximum absolute atomic E-state index is 13.8. The summed E-state index contributed by atoms with van der Waals surface area (Å²) < 4.78 is 11.2. The molecular weight excluding hydrogens is 490 g/mol. The predicted octanol–water partition coefficient (Wildman–Crippen LogP) is 3.90. The van der Waals surface area contributed by atoms with Crippen molar-refractivity contribution in [1.29, 1.82) is 0 Å². The van der Waals surface area contributed by atoms with Gasteiger partial charge in [0, 0.05) is 25.8 Å². The van der Waals surface area contributed by atoms with E-state index in [1.54, 1.807) is 24.1 Å². The van der Waals surface area contributed by atoms with Crippen molar-refractivity contribution in [3.63, 3.8) is 0 Å². The van der Waals surface area contributed by atoms with E-state index in [1.807, 2.05) is 31.2 Å². The minimum absolute atomic E-state index is 0.0145. The van der Waals surface area contributed by atoms with Crippen LogP contribution in [0, 0.1) is 5.92 Å². The molecule has 10 nitrogen and oxygen atoms in total. The van der Waals surface area contributed by atoms with Crippen LogP contribution in [0.25, 0.3) is 0 Å². The summed E-state index contributed by atoms with van der Waals surface area (Å²) in [5.41, 5.74) is 4.81. The fourth-order valence-electron chi connectivity index (χ4n) is 4.63. The van der Waals surface area contributed by atoms with Gasteiger partial charge in [0.1, 0.15) is 0 Å². The Bertz CT molecular complexity index is 1220. The number of methoxy groups -OCH3 is 1. The molecule has 1 fully saturated rings. The highest BCUT2D eigenvalue weighted by molar-refractivity contribution is 6.07. The van der Waals surface area contributed by atoms with Crippen LogP contribution in [0.4, 0.5) is 5.69 Å². The monoisotopic (exact) mass is 523 g/mol. The van der Waals surface area contributed by atoms with Gasteiger partial charge >= 0.3 is 5.97 Å². The molecule has 202 valence electrons. The van der Waals surface area contributed by atoms with Crippen LogP contribution in [-0.4, -0.2) is 42.3 Å². The summed E-state index contributed by atoms with van der Waals surface area (Å²) in [5.74, 6) is -0.123. The van der Waals surface area contributed by atoms with Crippen molar-refractivity contribution in [3.05, 3.63) is 53.1 Å². The molecule has 0 radical (unpaired) electrons. The lowest BCUT2D eigenvalue weighted by molar-refractivity contribution is -0.156. The van der Waals surface area contributed by atoms with Crippen LogP contribution in [0.15, 0.2) is 36.4 Å². The number of benzene rings is 2. The van der Waals surface area contributed by atoms with Gasteiger partial charge in [0.15, 0.2) is 11.5 Å². The SMILES string of the molecule is CCOc1cc(C(CCCC(=O)NOC(C)=O)N2Cc3cccc(NC(=O)C4CC4)c3C2=O)ccc1OC. The van der Waals surface area contributed by atoms with E-state index in [0.717, 1.165) is 24.0 Å². The van der Waals surface area contributed by atoms with E-state index in [1.165, 1.54) is 6.92 Å². The lowest BCUT2D eigenvalue weighted by Gasteiger charge is -2.29. The Morgan fingerprint density at radius 3 is 2.61 bits per heavy atom. The predicted molar refractivity (Wildman–Crippen MR) is 138 cm³/mol. The maximum Gasteiger partial charge on any atom is 0.329 e. The summed E-state index contributed by atoms with van der Waals surface area (Å²) in [7, 11) is 1.56. The molecule has 2 aliphatic rings. The van der Waals surface area contributed by atoms with Gasteiger partial charge in [0.05, 0.1) is 31.0 Å². The number of carbonyl (C=O) groups is 4. The summed E-state index contributed by atoms with van der Waals surface area (Å²) in [6.07, 6.45) is 2.74. The zero-order valence-electron chi connectivity index (χ0n) is 21.9. The third kappa shape index (κ3) is 6.24. The molecule has 2 aromatic rings. The Morgan fingerprint density at radius 1 is 1.13 bits per heavy atom. The summed E-state index contributed by atoms with van der Waals surface area (Å²) >= 11 is 0. The first kappa shape index (κ1) is 27.0. The van der Waals surface area contributed by atoms with Gasteiger partial charge in [-0.15, -0.1) is 0 Å². The zero-order valence-corrected chi connectivity index (χ0v) is 21.9. The number of rotatable bonds is 11. The van der Waals surface area contributed by atoms with Crippen LogP contribution in [0.5, 0.6) is 11.5 Å². The molecular formula is C28H33N3O7. The lowest BCUT2D eigenvalue weighted by atomic mass is 9.98. The van der Waals surface area contributed by atoms with E-state index in [0.29, 0.717) is 48.7 Å². The minimum atomic E-state index is -0.608. The van der Waals surface area contributed by atoms with Crippen molar-refractivity contribution in [2.75, 3.05) is 19.0 Å². The van der Waals surface area contributed by atoms with Crippen LogP contribution >= 0.6 is 0 Å². The van der Waals surface area contributed by atoms with Crippen LogP contribution < -0.4 is 20.3 Å². The second kappa shape index (κ2) is 12.0. The Labute approximate surface area is 221 Å². The van der Waals surface area contributed by atoms with E-state index in [2.05, 4.69) is 15.6 Å². The molecule has 1 saturated carbocycles. The third-order valence-corrected chi connectivity index (χ3v) is 6.61. The number of amides is 3. The lowest BCUT2D eigenvalue weighted by Crippen LogP contribution is -2.30. The number of hydroxylamine groups is 1. The number of nitrogens with zero attached hydrogens (tertiary/aromatic N) is 1. The Kier molecular flexibility index (Phi) is 8.50. The highest BCUT2D eigenvalue weighted by Crippen LogP contribution is 2.40. The normalized spacial score (nSPS) is 14.9. The van der Waals surface area contributed by atoms with Gasteiger partial charge in [0.2, 0.25) is 5.91 Å². The Morgan fingerprint density at radius 2 is 1.92 bits per heavy atom. The number of hydrogen-bond acceptors (Lipinski definition) is 7. The van der Waals surface area contributed by atoms with Gasteiger partial charge in [-0.05, 0) is 61.9 Å². The van der Waals surface area contributed by atoms with Gasteiger partial charge in [0.25, 0.3) is 11.8 Å². The zero-order chi connectivity index (χ0) is 27.2. The number of nitrogens with one attached hydrogen (secondary N) is 2. The minimum Gasteiger partial charge on any atom is -0.493 e. The van der Waals surface area contributed by atoms with Crippen LogP contribution in [0.2, 0.25) is 0 Å². The van der Waals surface area contributed by atoms with E-state index in [4.69, 9.17) is 9.47 Å². The highest BCUT2D eigenvalue weighted by atomic mass is 16.7. The summed E-state index contributed by atoms with van der Waals surface area (Å²) in [6.45, 7) is 3.89. The van der Waals surface area contributed by atoms with Gasteiger partial charge in [-0.3, -0.25) is 19.2 Å². The first-order valence-corrected chi connectivity index (χ1v) is 12.8. The number of anilines is 1. The van der Waals surface area contributed by atoms with Gasteiger partial charge in [-0.2, -0.15) is 5.48 Å². The molecule has 0 aromatic heterocycles. The molecule has 1 unspecified atom stereocenters. The molecule has 10 heteroatoms. The maximum atomic E-state index is 13.8. The molecule has 1 atom stereocenters. The average molecular weight is 524 g/mol. The molecule has 38 heavy (non-hydrogen) atoms.